The van der Waals surface area contributed by atoms with Crippen molar-refractivity contribution in [3.8, 4) is 0 Å². The van der Waals surface area contributed by atoms with Crippen molar-refractivity contribution < 1.29 is 9.21 Å². The molecule has 3 aromatic rings. The number of nitrogens with zero attached hydrogens (tertiary/aromatic N) is 1. The highest BCUT2D eigenvalue weighted by molar-refractivity contribution is 7.09. The Morgan fingerprint density at radius 1 is 1.09 bits per heavy atom. The molecule has 0 aliphatic carbocycles. The quantitative estimate of drug-likeness (QED) is 0.622. The average Bonchev–Trinajstić information content (AvgIpc) is 3.27. The molecule has 0 aliphatic heterocycles. The van der Waals surface area contributed by atoms with Gasteiger partial charge in [-0.2, -0.15) is 0 Å². The van der Waals surface area contributed by atoms with Gasteiger partial charge in [0.1, 0.15) is 0 Å². The van der Waals surface area contributed by atoms with Crippen LogP contribution in [0, 0.1) is 0 Å². The summed E-state index contributed by atoms with van der Waals surface area (Å²) in [4.78, 5) is 15.6. The number of thiophene rings is 1. The van der Waals surface area contributed by atoms with Gasteiger partial charge in [0.25, 0.3) is 0 Å². The third kappa shape index (κ3) is 4.44. The van der Waals surface area contributed by atoms with Crippen molar-refractivity contribution in [1.29, 1.82) is 0 Å². The maximum atomic E-state index is 12.6. The monoisotopic (exact) mass is 323 g/mol. The molecular weight excluding hydrogens is 306 g/mol. The number of amides is 1. The highest BCUT2D eigenvalue weighted by atomic mass is 32.1. The van der Waals surface area contributed by atoms with Crippen LogP contribution >= 0.6 is 11.3 Å². The van der Waals surface area contributed by atoms with E-state index in [-0.39, 0.29) is 5.91 Å². The number of carbonyl (C=O) groups excluding carboxylic acids is 1. The van der Waals surface area contributed by atoms with Crippen molar-refractivity contribution in [2.24, 2.45) is 0 Å². The van der Waals surface area contributed by atoms with Gasteiger partial charge in [-0.05, 0) is 29.2 Å². The van der Waals surface area contributed by atoms with E-state index >= 15 is 0 Å². The van der Waals surface area contributed by atoms with Crippen LogP contribution in [0.25, 0.3) is 6.08 Å². The third-order valence-corrected chi connectivity index (χ3v) is 4.27. The minimum Gasteiger partial charge on any atom is -0.472 e. The Kier molecular flexibility index (Phi) is 5.06. The van der Waals surface area contributed by atoms with Gasteiger partial charge in [0.2, 0.25) is 5.91 Å². The Balaban J connectivity index is 1.73. The summed E-state index contributed by atoms with van der Waals surface area (Å²) >= 11 is 1.65. The summed E-state index contributed by atoms with van der Waals surface area (Å²) in [6, 6.07) is 15.8. The second-order valence-electron chi connectivity index (χ2n) is 5.15. The van der Waals surface area contributed by atoms with E-state index in [0.717, 1.165) is 16.0 Å². The Morgan fingerprint density at radius 3 is 2.65 bits per heavy atom. The van der Waals surface area contributed by atoms with Crippen LogP contribution in [-0.4, -0.2) is 10.8 Å². The maximum absolute atomic E-state index is 12.6. The van der Waals surface area contributed by atoms with Gasteiger partial charge < -0.3 is 9.32 Å². The summed E-state index contributed by atoms with van der Waals surface area (Å²) in [5, 5.41) is 2.02. The number of carbonyl (C=O) groups is 1. The van der Waals surface area contributed by atoms with Gasteiger partial charge in [-0.3, -0.25) is 4.79 Å². The van der Waals surface area contributed by atoms with Gasteiger partial charge >= 0.3 is 0 Å². The van der Waals surface area contributed by atoms with E-state index in [1.54, 1.807) is 29.9 Å². The largest absolute Gasteiger partial charge is 0.472 e. The number of hydrogen-bond donors (Lipinski definition) is 0. The second-order valence-corrected chi connectivity index (χ2v) is 6.18. The normalized spacial score (nSPS) is 11.0. The summed E-state index contributed by atoms with van der Waals surface area (Å²) in [6.45, 7) is 1.13. The van der Waals surface area contributed by atoms with E-state index in [2.05, 4.69) is 0 Å². The average molecular weight is 323 g/mol. The molecule has 2 aromatic heterocycles. The predicted molar refractivity (Wildman–Crippen MR) is 92.8 cm³/mol. The first-order valence-electron chi connectivity index (χ1n) is 7.37. The predicted octanol–water partition coefficient (Wildman–Crippen LogP) is 4.58. The fourth-order valence-electron chi connectivity index (χ4n) is 2.24. The first kappa shape index (κ1) is 15.3. The lowest BCUT2D eigenvalue weighted by Gasteiger charge is -2.19. The topological polar surface area (TPSA) is 33.5 Å². The molecule has 2 heterocycles. The van der Waals surface area contributed by atoms with Crippen molar-refractivity contribution >= 4 is 23.3 Å². The zero-order chi connectivity index (χ0) is 15.9. The molecule has 116 valence electrons. The third-order valence-electron chi connectivity index (χ3n) is 3.41. The number of hydrogen-bond acceptors (Lipinski definition) is 3. The number of furan rings is 1. The zero-order valence-corrected chi connectivity index (χ0v) is 13.4. The summed E-state index contributed by atoms with van der Waals surface area (Å²) in [6.07, 6.45) is 6.78. The fourth-order valence-corrected chi connectivity index (χ4v) is 2.96. The van der Waals surface area contributed by atoms with Crippen molar-refractivity contribution in [2.45, 2.75) is 13.1 Å². The smallest absolute Gasteiger partial charge is 0.247 e. The van der Waals surface area contributed by atoms with Gasteiger partial charge in [0.15, 0.2) is 0 Å². The van der Waals surface area contributed by atoms with Gasteiger partial charge in [-0.25, -0.2) is 0 Å². The van der Waals surface area contributed by atoms with Gasteiger partial charge in [-0.1, -0.05) is 36.4 Å². The Morgan fingerprint density at radius 2 is 1.96 bits per heavy atom. The van der Waals surface area contributed by atoms with Crippen LogP contribution < -0.4 is 0 Å². The van der Waals surface area contributed by atoms with Crippen molar-refractivity contribution in [3.63, 3.8) is 0 Å². The molecule has 1 amide bonds. The van der Waals surface area contributed by atoms with Gasteiger partial charge in [0, 0.05) is 23.1 Å². The summed E-state index contributed by atoms with van der Waals surface area (Å²) in [5.41, 5.74) is 2.00. The minimum atomic E-state index is -0.0107. The van der Waals surface area contributed by atoms with E-state index in [0.29, 0.717) is 13.1 Å². The molecule has 0 unspecified atom stereocenters. The van der Waals surface area contributed by atoms with Crippen molar-refractivity contribution in [3.05, 3.63) is 88.5 Å². The molecule has 0 aliphatic rings. The molecule has 0 bridgehead atoms. The van der Waals surface area contributed by atoms with Crippen LogP contribution in [0.15, 0.2) is 76.9 Å². The molecule has 23 heavy (non-hydrogen) atoms. The summed E-state index contributed by atoms with van der Waals surface area (Å²) in [5.74, 6) is -0.0107. The molecule has 0 atom stereocenters. The Bertz CT molecular complexity index is 710. The van der Waals surface area contributed by atoms with Crippen molar-refractivity contribution in [1.82, 2.24) is 4.90 Å². The SMILES string of the molecule is O=C(C=Cc1ccccc1)N(Cc1ccoc1)Cc1cccs1. The maximum Gasteiger partial charge on any atom is 0.247 e. The Hall–Kier alpha value is -2.59. The second kappa shape index (κ2) is 7.61. The zero-order valence-electron chi connectivity index (χ0n) is 12.6. The van der Waals surface area contributed by atoms with E-state index < -0.39 is 0 Å². The van der Waals surface area contributed by atoms with E-state index in [1.807, 2.05) is 64.9 Å². The molecule has 0 saturated heterocycles. The molecular formula is C19H17NO2S. The first-order chi connectivity index (χ1) is 11.3. The van der Waals surface area contributed by atoms with Crippen molar-refractivity contribution in [2.75, 3.05) is 0 Å². The summed E-state index contributed by atoms with van der Waals surface area (Å²) < 4.78 is 5.11. The molecule has 1 aromatic carbocycles. The Labute approximate surface area is 139 Å². The van der Waals surface area contributed by atoms with Crippen LogP contribution in [0.3, 0.4) is 0 Å². The van der Waals surface area contributed by atoms with Gasteiger partial charge in [0.05, 0.1) is 19.1 Å². The lowest BCUT2D eigenvalue weighted by Crippen LogP contribution is -2.27. The van der Waals surface area contributed by atoms with Crippen LogP contribution in [0.4, 0.5) is 0 Å². The van der Waals surface area contributed by atoms with Crippen LogP contribution in [0.1, 0.15) is 16.0 Å². The molecule has 3 rings (SSSR count). The fraction of sp³-hybridized carbons (Fsp3) is 0.105. The first-order valence-corrected chi connectivity index (χ1v) is 8.25. The lowest BCUT2D eigenvalue weighted by molar-refractivity contribution is -0.127. The molecule has 0 saturated carbocycles. The molecule has 0 N–H and O–H groups in total. The van der Waals surface area contributed by atoms with Crippen LogP contribution in [-0.2, 0) is 17.9 Å². The number of rotatable bonds is 6. The molecule has 0 fully saturated rings. The molecule has 0 spiro atoms. The molecule has 0 radical (unpaired) electrons. The van der Waals surface area contributed by atoms with Gasteiger partial charge in [-0.15, -0.1) is 11.3 Å². The van der Waals surface area contributed by atoms with E-state index in [9.17, 15) is 4.79 Å². The highest BCUT2D eigenvalue weighted by Crippen LogP contribution is 2.15. The highest BCUT2D eigenvalue weighted by Gasteiger charge is 2.13. The molecule has 3 nitrogen and oxygen atoms in total. The standard InChI is InChI=1S/C19H17NO2S/c21-19(9-8-16-5-2-1-3-6-16)20(13-17-10-11-22-15-17)14-18-7-4-12-23-18/h1-12,15H,13-14H2. The van der Waals surface area contributed by atoms with Crippen LogP contribution in [0.5, 0.6) is 0 Å². The number of benzene rings is 1. The summed E-state index contributed by atoms with van der Waals surface area (Å²) in [7, 11) is 0. The van der Waals surface area contributed by atoms with E-state index in [1.165, 1.54) is 0 Å². The van der Waals surface area contributed by atoms with Crippen LogP contribution in [0.2, 0.25) is 0 Å². The molecule has 4 heteroatoms. The van der Waals surface area contributed by atoms with E-state index in [4.69, 9.17) is 4.42 Å². The lowest BCUT2D eigenvalue weighted by atomic mass is 10.2. The minimum absolute atomic E-state index is 0.0107.